The first-order chi connectivity index (χ1) is 46.4. The topological polar surface area (TPSA) is 31.0 Å². The van der Waals surface area contributed by atoms with Crippen LogP contribution < -0.4 is 36.0 Å². The first-order valence-electron chi connectivity index (χ1n) is 33.2. The highest BCUT2D eigenvalue weighted by molar-refractivity contribution is 7.00. The van der Waals surface area contributed by atoms with Gasteiger partial charge in [0, 0.05) is 89.8 Å². The lowest BCUT2D eigenvalue weighted by atomic mass is 9.33. The Morgan fingerprint density at radius 1 is 0.295 bits per heavy atom. The average Bonchev–Trinajstić information content (AvgIpc) is 1.51. The molecule has 2 aliphatic rings. The van der Waals surface area contributed by atoms with Crippen LogP contribution >= 0.6 is 0 Å². The van der Waals surface area contributed by atoms with E-state index >= 15 is 0 Å². The second kappa shape index (κ2) is 21.5. The number of rotatable bonds is 9. The zero-order chi connectivity index (χ0) is 63.8. The summed E-state index contributed by atoms with van der Waals surface area (Å²) in [6.07, 6.45) is 0. The molecular weight excluding hydrogens is 1150 g/mol. The molecule has 454 valence electrons. The molecule has 7 heteroatoms. The van der Waals surface area contributed by atoms with E-state index in [0.29, 0.717) is 0 Å². The average molecular weight is 1220 g/mol. The van der Waals surface area contributed by atoms with Crippen LogP contribution in [-0.2, 0) is 10.8 Å². The third kappa shape index (κ3) is 9.23. The molecule has 0 atom stereocenters. The number of hydrogen-bond donors (Lipinski definition) is 0. The molecule has 2 aliphatic heterocycles. The Morgan fingerprint density at radius 2 is 0.768 bits per heavy atom. The predicted octanol–water partition coefficient (Wildman–Crippen LogP) is 22.6. The maximum Gasteiger partial charge on any atom is 0.252 e. The Balaban J connectivity index is 0.972. The largest absolute Gasteiger partial charge is 0.456 e. The predicted molar refractivity (Wildman–Crippen MR) is 404 cm³/mol. The van der Waals surface area contributed by atoms with Crippen LogP contribution in [0.2, 0.25) is 0 Å². The smallest absolute Gasteiger partial charge is 0.252 e. The number of para-hydroxylation sites is 4. The molecule has 95 heavy (non-hydrogen) atoms. The number of nitrogens with zero attached hydrogens (tertiary/aromatic N) is 5. The van der Waals surface area contributed by atoms with Crippen LogP contribution in [0, 0.1) is 0 Å². The summed E-state index contributed by atoms with van der Waals surface area (Å²) in [7, 11) is 0. The molecule has 0 radical (unpaired) electrons. The van der Waals surface area contributed by atoms with Gasteiger partial charge in [0.15, 0.2) is 0 Å². The number of furan rings is 1. The van der Waals surface area contributed by atoms with Gasteiger partial charge in [0.05, 0.1) is 16.7 Å². The van der Waals surface area contributed by atoms with Crippen LogP contribution in [0.1, 0.15) is 52.7 Å². The third-order valence-corrected chi connectivity index (χ3v) is 20.0. The van der Waals surface area contributed by atoms with Gasteiger partial charge in [0.25, 0.3) is 6.71 Å². The van der Waals surface area contributed by atoms with Crippen molar-refractivity contribution in [2.24, 2.45) is 0 Å². The summed E-state index contributed by atoms with van der Waals surface area (Å²) in [5.41, 5.74) is 24.2. The molecule has 0 N–H and O–H groups in total. The van der Waals surface area contributed by atoms with E-state index in [1.165, 1.54) is 65.3 Å². The summed E-state index contributed by atoms with van der Waals surface area (Å²) in [6, 6.07) is 113. The summed E-state index contributed by atoms with van der Waals surface area (Å²) >= 11 is 0. The van der Waals surface area contributed by atoms with Gasteiger partial charge in [-0.2, -0.15) is 0 Å². The van der Waals surface area contributed by atoms with Gasteiger partial charge in [0.2, 0.25) is 0 Å². The third-order valence-electron chi connectivity index (χ3n) is 20.0. The van der Waals surface area contributed by atoms with Crippen LogP contribution in [0.3, 0.4) is 0 Å². The van der Waals surface area contributed by atoms with E-state index in [-0.39, 0.29) is 17.5 Å². The van der Waals surface area contributed by atoms with Crippen molar-refractivity contribution in [3.8, 4) is 5.69 Å². The second-order valence-electron chi connectivity index (χ2n) is 27.8. The van der Waals surface area contributed by atoms with Gasteiger partial charge in [-0.05, 0) is 193 Å². The monoisotopic (exact) mass is 1220 g/mol. The van der Waals surface area contributed by atoms with Crippen molar-refractivity contribution in [3.05, 3.63) is 314 Å². The van der Waals surface area contributed by atoms with Crippen LogP contribution in [0.15, 0.2) is 308 Å². The molecule has 14 aromatic carbocycles. The molecule has 18 rings (SSSR count). The summed E-state index contributed by atoms with van der Waals surface area (Å²) in [4.78, 5) is 10.1. The number of fused-ring (bicyclic) bond motifs is 12. The van der Waals surface area contributed by atoms with Crippen molar-refractivity contribution < 1.29 is 4.42 Å². The molecule has 2 aromatic heterocycles. The first-order valence-corrected chi connectivity index (χ1v) is 33.2. The molecule has 0 saturated carbocycles. The summed E-state index contributed by atoms with van der Waals surface area (Å²) in [6.45, 7) is 13.6. The van der Waals surface area contributed by atoms with Crippen molar-refractivity contribution in [1.29, 1.82) is 0 Å². The molecule has 0 bridgehead atoms. The van der Waals surface area contributed by atoms with Crippen LogP contribution in [0.5, 0.6) is 0 Å². The highest BCUT2D eigenvalue weighted by Gasteiger charge is 2.45. The number of anilines is 12. The fraction of sp³-hybridized carbons (Fsp3) is 0.0909. The summed E-state index contributed by atoms with van der Waals surface area (Å²) < 4.78 is 8.99. The van der Waals surface area contributed by atoms with Gasteiger partial charge in [-0.25, -0.2) is 0 Å². The molecular formula is C88H68BN5O. The Bertz CT molecular complexity index is 5720. The Kier molecular flexibility index (Phi) is 12.7. The van der Waals surface area contributed by atoms with E-state index in [9.17, 15) is 0 Å². The Labute approximate surface area is 554 Å². The van der Waals surface area contributed by atoms with Crippen molar-refractivity contribution in [1.82, 2.24) is 4.57 Å². The minimum absolute atomic E-state index is 0.0583. The summed E-state index contributed by atoms with van der Waals surface area (Å²) in [5, 5.41) is 9.32. The lowest BCUT2D eigenvalue weighted by Gasteiger charge is -2.45. The summed E-state index contributed by atoms with van der Waals surface area (Å²) in [5.74, 6) is 0. The Hall–Kier alpha value is -11.5. The minimum atomic E-state index is -0.222. The van der Waals surface area contributed by atoms with Gasteiger partial charge in [-0.1, -0.05) is 211 Å². The fourth-order valence-corrected chi connectivity index (χ4v) is 15.3. The molecule has 0 aliphatic carbocycles. The molecule has 0 saturated heterocycles. The SMILES string of the molecule is CC(C)(C)c1ccc(N2c3cc(N(c4ccc5ccccc5c4)c4ccc5oc6ccccc6c5c4)ccc3B3c4cc5c6ccccc6n(-c6ccccc6)c5cc4N(c4ccc(C(C)(C)C)cc4)c4cc(N(c5ccccc5)c5ccc6ccccc6c5)cc2c43)cc1. The Morgan fingerprint density at radius 3 is 1.39 bits per heavy atom. The van der Waals surface area contributed by atoms with Crippen molar-refractivity contribution in [2.75, 3.05) is 19.6 Å². The van der Waals surface area contributed by atoms with Gasteiger partial charge >= 0.3 is 0 Å². The van der Waals surface area contributed by atoms with E-state index in [2.05, 4.69) is 363 Å². The van der Waals surface area contributed by atoms with Gasteiger partial charge < -0.3 is 28.6 Å². The van der Waals surface area contributed by atoms with Crippen LogP contribution in [0.25, 0.3) is 71.0 Å². The van der Waals surface area contributed by atoms with E-state index in [0.717, 1.165) is 101 Å². The zero-order valence-corrected chi connectivity index (χ0v) is 54.1. The van der Waals surface area contributed by atoms with E-state index in [1.54, 1.807) is 0 Å². The van der Waals surface area contributed by atoms with E-state index in [4.69, 9.17) is 4.42 Å². The fourth-order valence-electron chi connectivity index (χ4n) is 15.3. The minimum Gasteiger partial charge on any atom is -0.456 e. The molecule has 4 heterocycles. The maximum absolute atomic E-state index is 6.52. The standard InChI is InChI=1S/C88H68BN5O/c1-87(2,3)61-35-41-65(42-36-61)93-80-52-70(91(68-40-34-58-22-14-16-24-60(58)50-68)69-46-48-85-75(51-69)73-30-18-20-32-84(73)95-85)45-47-76(80)89-77-55-74-72-29-17-19-31-78(72)92(64-27-11-8-12-28-64)79(74)56-81(77)94(66-43-37-62(38-44-66)88(4,5)6)83-54-71(53-82(93)86(83)89)90(63-25-9-7-10-26-63)67-39-33-57-21-13-15-23-59(57)49-67/h7-56H,1-6H3. The van der Waals surface area contributed by atoms with Crippen molar-refractivity contribution in [2.45, 2.75) is 52.4 Å². The van der Waals surface area contributed by atoms with Gasteiger partial charge in [0.1, 0.15) is 11.2 Å². The number of hydrogen-bond acceptors (Lipinski definition) is 5. The van der Waals surface area contributed by atoms with Gasteiger partial charge in [-0.3, -0.25) is 0 Å². The van der Waals surface area contributed by atoms with Crippen LogP contribution in [0.4, 0.5) is 68.2 Å². The highest BCUT2D eigenvalue weighted by atomic mass is 16.3. The number of benzene rings is 14. The molecule has 0 spiro atoms. The molecule has 0 unspecified atom stereocenters. The van der Waals surface area contributed by atoms with Crippen molar-refractivity contribution >= 4 is 157 Å². The van der Waals surface area contributed by atoms with E-state index < -0.39 is 0 Å². The molecule has 16 aromatic rings. The normalized spacial score (nSPS) is 12.9. The quantitative estimate of drug-likeness (QED) is 0.134. The van der Waals surface area contributed by atoms with Crippen LogP contribution in [-0.4, -0.2) is 11.3 Å². The molecule has 6 nitrogen and oxygen atoms in total. The maximum atomic E-state index is 6.52. The molecule has 0 fully saturated rings. The zero-order valence-electron chi connectivity index (χ0n) is 54.1. The lowest BCUT2D eigenvalue weighted by Crippen LogP contribution is -2.61. The highest BCUT2D eigenvalue weighted by Crippen LogP contribution is 2.51. The van der Waals surface area contributed by atoms with Gasteiger partial charge in [-0.15, -0.1) is 0 Å². The molecule has 0 amide bonds. The second-order valence-corrected chi connectivity index (χ2v) is 27.8. The first kappa shape index (κ1) is 56.2. The van der Waals surface area contributed by atoms with Crippen molar-refractivity contribution in [3.63, 3.8) is 0 Å². The van der Waals surface area contributed by atoms with E-state index in [1.807, 2.05) is 6.07 Å². The lowest BCUT2D eigenvalue weighted by molar-refractivity contribution is 0.590. The number of aromatic nitrogens is 1.